The van der Waals surface area contributed by atoms with Crippen LogP contribution in [0.5, 0.6) is 0 Å². The van der Waals surface area contributed by atoms with Crippen molar-refractivity contribution in [3.8, 4) is 0 Å². The molecule has 72 valence electrons. The molecule has 1 unspecified atom stereocenters. The van der Waals surface area contributed by atoms with Crippen LogP contribution in [0, 0.1) is 0 Å². The minimum atomic E-state index is -0.305. The van der Waals surface area contributed by atoms with Crippen LogP contribution in [-0.2, 0) is 14.3 Å². The summed E-state index contributed by atoms with van der Waals surface area (Å²) in [5.41, 5.74) is 0. The lowest BCUT2D eigenvalue weighted by molar-refractivity contribution is -0.150. The molecule has 0 amide bonds. The van der Waals surface area contributed by atoms with Gasteiger partial charge in [-0.3, -0.25) is 0 Å². The van der Waals surface area contributed by atoms with Crippen molar-refractivity contribution in [2.24, 2.45) is 0 Å². The number of likely N-dealkylation sites (N-methyl/N-ethyl adjacent to an activating group) is 1. The van der Waals surface area contributed by atoms with Crippen molar-refractivity contribution < 1.29 is 14.3 Å². The molecule has 0 spiro atoms. The summed E-state index contributed by atoms with van der Waals surface area (Å²) in [7, 11) is 1.84. The maximum atomic E-state index is 10.8. The van der Waals surface area contributed by atoms with E-state index in [1.807, 2.05) is 14.0 Å². The fraction of sp³-hybridized carbons (Fsp3) is 0.875. The van der Waals surface area contributed by atoms with Crippen LogP contribution in [0.15, 0.2) is 0 Å². The molecule has 0 aliphatic rings. The molecule has 12 heavy (non-hydrogen) atoms. The third-order valence-corrected chi connectivity index (χ3v) is 1.28. The Labute approximate surface area is 73.2 Å². The number of carbonyl (C=O) groups excluding carboxylic acids is 1. The molecule has 0 bridgehead atoms. The van der Waals surface area contributed by atoms with E-state index < -0.39 is 0 Å². The SMILES string of the molecule is CCOC(=O)COC(C)CNC. The van der Waals surface area contributed by atoms with Gasteiger partial charge in [0.25, 0.3) is 0 Å². The molecule has 1 N–H and O–H groups in total. The maximum absolute atomic E-state index is 10.8. The number of ether oxygens (including phenoxy) is 2. The minimum Gasteiger partial charge on any atom is -0.464 e. The molecule has 0 aromatic heterocycles. The van der Waals surface area contributed by atoms with Crippen LogP contribution in [-0.4, -0.2) is 38.9 Å². The first-order valence-corrected chi connectivity index (χ1v) is 4.12. The Morgan fingerprint density at radius 3 is 2.75 bits per heavy atom. The number of hydrogen-bond acceptors (Lipinski definition) is 4. The summed E-state index contributed by atoms with van der Waals surface area (Å²) in [5.74, 6) is -0.305. The molecule has 0 radical (unpaired) electrons. The van der Waals surface area contributed by atoms with E-state index in [9.17, 15) is 4.79 Å². The van der Waals surface area contributed by atoms with Crippen LogP contribution in [0.4, 0.5) is 0 Å². The number of rotatable bonds is 6. The highest BCUT2D eigenvalue weighted by Gasteiger charge is 2.05. The lowest BCUT2D eigenvalue weighted by atomic mass is 10.4. The first kappa shape index (κ1) is 11.4. The van der Waals surface area contributed by atoms with Gasteiger partial charge in [-0.15, -0.1) is 0 Å². The Morgan fingerprint density at radius 1 is 1.58 bits per heavy atom. The number of nitrogens with one attached hydrogen (secondary N) is 1. The summed E-state index contributed by atoms with van der Waals surface area (Å²) in [4.78, 5) is 10.8. The van der Waals surface area contributed by atoms with Gasteiger partial charge >= 0.3 is 5.97 Å². The first-order chi connectivity index (χ1) is 5.70. The third kappa shape index (κ3) is 6.12. The summed E-state index contributed by atoms with van der Waals surface area (Å²) in [5, 5.41) is 2.95. The van der Waals surface area contributed by atoms with E-state index in [4.69, 9.17) is 4.74 Å². The van der Waals surface area contributed by atoms with Crippen LogP contribution >= 0.6 is 0 Å². The summed E-state index contributed by atoms with van der Waals surface area (Å²) >= 11 is 0. The molecule has 0 fully saturated rings. The van der Waals surface area contributed by atoms with Crippen molar-refractivity contribution in [2.75, 3.05) is 26.8 Å². The van der Waals surface area contributed by atoms with Gasteiger partial charge in [0.2, 0.25) is 0 Å². The largest absolute Gasteiger partial charge is 0.464 e. The molecule has 0 saturated carbocycles. The van der Waals surface area contributed by atoms with Crippen LogP contribution in [0.1, 0.15) is 13.8 Å². The lowest BCUT2D eigenvalue weighted by Crippen LogP contribution is -2.26. The molecule has 0 aliphatic heterocycles. The number of hydrogen-bond donors (Lipinski definition) is 1. The Bertz CT molecular complexity index is 127. The van der Waals surface area contributed by atoms with Gasteiger partial charge in [0.1, 0.15) is 6.61 Å². The smallest absolute Gasteiger partial charge is 0.332 e. The molecule has 0 aromatic rings. The minimum absolute atomic E-state index is 0.0384. The molecule has 0 saturated heterocycles. The molecule has 0 aromatic carbocycles. The first-order valence-electron chi connectivity index (χ1n) is 4.12. The van der Waals surface area contributed by atoms with E-state index >= 15 is 0 Å². The van der Waals surface area contributed by atoms with E-state index in [-0.39, 0.29) is 18.7 Å². The molecule has 0 heterocycles. The van der Waals surface area contributed by atoms with E-state index in [1.165, 1.54) is 0 Å². The van der Waals surface area contributed by atoms with Crippen molar-refractivity contribution in [1.82, 2.24) is 5.32 Å². The zero-order valence-corrected chi connectivity index (χ0v) is 7.92. The maximum Gasteiger partial charge on any atom is 0.332 e. The van der Waals surface area contributed by atoms with Crippen LogP contribution < -0.4 is 5.32 Å². The predicted octanol–water partition coefficient (Wildman–Crippen LogP) is 0.174. The average molecular weight is 175 g/mol. The average Bonchev–Trinajstić information content (AvgIpc) is 2.02. The van der Waals surface area contributed by atoms with Gasteiger partial charge in [-0.1, -0.05) is 0 Å². The lowest BCUT2D eigenvalue weighted by Gasteiger charge is -2.11. The monoisotopic (exact) mass is 175 g/mol. The van der Waals surface area contributed by atoms with Gasteiger partial charge in [-0.25, -0.2) is 4.79 Å². The van der Waals surface area contributed by atoms with Gasteiger partial charge < -0.3 is 14.8 Å². The zero-order valence-electron chi connectivity index (χ0n) is 7.92. The molecule has 4 nitrogen and oxygen atoms in total. The number of carbonyl (C=O) groups is 1. The van der Waals surface area contributed by atoms with E-state index in [2.05, 4.69) is 10.1 Å². The second kappa shape index (κ2) is 7.06. The Hall–Kier alpha value is -0.610. The molecule has 4 heteroatoms. The number of esters is 1. The summed E-state index contributed by atoms with van der Waals surface area (Å²) in [6.07, 6.45) is 0.0411. The van der Waals surface area contributed by atoms with Crippen molar-refractivity contribution >= 4 is 5.97 Å². The third-order valence-electron chi connectivity index (χ3n) is 1.28. The Balaban J connectivity index is 3.33. The standard InChI is InChI=1S/C8H17NO3/c1-4-11-8(10)6-12-7(2)5-9-3/h7,9H,4-6H2,1-3H3. The second-order valence-corrected chi connectivity index (χ2v) is 2.48. The van der Waals surface area contributed by atoms with Crippen LogP contribution in [0.25, 0.3) is 0 Å². The summed E-state index contributed by atoms with van der Waals surface area (Å²) in [6, 6.07) is 0. The highest BCUT2D eigenvalue weighted by molar-refractivity contribution is 5.70. The van der Waals surface area contributed by atoms with Gasteiger partial charge in [0.15, 0.2) is 0 Å². The van der Waals surface area contributed by atoms with Crippen LogP contribution in [0.3, 0.4) is 0 Å². The summed E-state index contributed by atoms with van der Waals surface area (Å²) in [6.45, 7) is 4.85. The molecular formula is C8H17NO3. The zero-order chi connectivity index (χ0) is 9.40. The van der Waals surface area contributed by atoms with Gasteiger partial charge in [0, 0.05) is 6.54 Å². The van der Waals surface area contributed by atoms with Crippen molar-refractivity contribution in [2.45, 2.75) is 20.0 Å². The van der Waals surface area contributed by atoms with Crippen molar-refractivity contribution in [1.29, 1.82) is 0 Å². The fourth-order valence-corrected chi connectivity index (χ4v) is 0.759. The van der Waals surface area contributed by atoms with Crippen molar-refractivity contribution in [3.63, 3.8) is 0 Å². The van der Waals surface area contributed by atoms with Gasteiger partial charge in [0.05, 0.1) is 12.7 Å². The van der Waals surface area contributed by atoms with Gasteiger partial charge in [-0.05, 0) is 20.9 Å². The van der Waals surface area contributed by atoms with E-state index in [0.29, 0.717) is 6.61 Å². The van der Waals surface area contributed by atoms with E-state index in [1.54, 1.807) is 6.92 Å². The fourth-order valence-electron chi connectivity index (χ4n) is 0.759. The molecule has 1 atom stereocenters. The Morgan fingerprint density at radius 2 is 2.25 bits per heavy atom. The molecular weight excluding hydrogens is 158 g/mol. The highest BCUT2D eigenvalue weighted by Crippen LogP contribution is 1.89. The highest BCUT2D eigenvalue weighted by atomic mass is 16.6. The quantitative estimate of drug-likeness (QED) is 0.585. The second-order valence-electron chi connectivity index (χ2n) is 2.48. The van der Waals surface area contributed by atoms with Crippen LogP contribution in [0.2, 0.25) is 0 Å². The topological polar surface area (TPSA) is 47.6 Å². The predicted molar refractivity (Wildman–Crippen MR) is 46.0 cm³/mol. The summed E-state index contributed by atoms with van der Waals surface area (Å²) < 4.78 is 9.85. The molecule has 0 rings (SSSR count). The van der Waals surface area contributed by atoms with Crippen molar-refractivity contribution in [3.05, 3.63) is 0 Å². The van der Waals surface area contributed by atoms with Gasteiger partial charge in [-0.2, -0.15) is 0 Å². The normalized spacial score (nSPS) is 12.6. The molecule has 0 aliphatic carbocycles. The van der Waals surface area contributed by atoms with E-state index in [0.717, 1.165) is 6.54 Å². The Kier molecular flexibility index (Phi) is 6.70.